The minimum absolute atomic E-state index is 0.623. The molecule has 0 saturated heterocycles. The highest BCUT2D eigenvalue weighted by atomic mass is 79.9. The van der Waals surface area contributed by atoms with Crippen LogP contribution in [0.15, 0.2) is 35.1 Å². The molecule has 0 aliphatic heterocycles. The van der Waals surface area contributed by atoms with Gasteiger partial charge in [-0.3, -0.25) is 4.68 Å². The molecule has 18 heavy (non-hydrogen) atoms. The lowest BCUT2D eigenvalue weighted by Gasteiger charge is -2.08. The fraction of sp³-hybridized carbons (Fsp3) is 0.167. The summed E-state index contributed by atoms with van der Waals surface area (Å²) in [7, 11) is 0. The molecule has 3 N–H and O–H groups in total. The molecular formula is C12H12BrN5. The van der Waals surface area contributed by atoms with Gasteiger partial charge >= 0.3 is 0 Å². The van der Waals surface area contributed by atoms with Gasteiger partial charge in [0.2, 0.25) is 0 Å². The third-order valence-electron chi connectivity index (χ3n) is 2.41. The van der Waals surface area contributed by atoms with E-state index in [1.807, 2.05) is 12.1 Å². The molecule has 0 fully saturated rings. The molecule has 6 heteroatoms. The Hall–Kier alpha value is -2.00. The van der Waals surface area contributed by atoms with Crippen LogP contribution >= 0.6 is 15.9 Å². The van der Waals surface area contributed by atoms with E-state index in [0.717, 1.165) is 10.2 Å². The van der Waals surface area contributed by atoms with Gasteiger partial charge in [0.1, 0.15) is 6.07 Å². The Morgan fingerprint density at radius 2 is 2.33 bits per heavy atom. The molecule has 0 unspecified atom stereocenters. The molecule has 0 spiro atoms. The first kappa shape index (κ1) is 12.5. The molecule has 1 aromatic carbocycles. The van der Waals surface area contributed by atoms with E-state index in [9.17, 15) is 0 Å². The van der Waals surface area contributed by atoms with Gasteiger partial charge in [-0.25, -0.2) is 0 Å². The second kappa shape index (κ2) is 5.56. The summed E-state index contributed by atoms with van der Waals surface area (Å²) in [5.74, 6) is 0. The van der Waals surface area contributed by atoms with Crippen molar-refractivity contribution in [3.05, 3.63) is 40.6 Å². The summed E-state index contributed by atoms with van der Waals surface area (Å²) in [5.41, 5.74) is 7.66. The number of nitrogen functional groups attached to an aromatic ring is 1. The number of nitrogens with one attached hydrogen (secondary N) is 1. The van der Waals surface area contributed by atoms with E-state index in [-0.39, 0.29) is 0 Å². The minimum Gasteiger partial charge on any atom is -0.396 e. The van der Waals surface area contributed by atoms with Crippen molar-refractivity contribution in [1.82, 2.24) is 9.78 Å². The molecule has 2 aromatic rings. The van der Waals surface area contributed by atoms with Gasteiger partial charge in [-0.05, 0) is 18.2 Å². The number of anilines is 2. The Balaban J connectivity index is 1.98. The maximum atomic E-state index is 8.99. The number of nitriles is 1. The number of hydrogen-bond donors (Lipinski definition) is 2. The first-order chi connectivity index (χ1) is 8.69. The third-order valence-corrected chi connectivity index (χ3v) is 2.90. The number of hydrogen-bond acceptors (Lipinski definition) is 4. The first-order valence-electron chi connectivity index (χ1n) is 5.40. The van der Waals surface area contributed by atoms with Crippen LogP contribution in [0.25, 0.3) is 0 Å². The van der Waals surface area contributed by atoms with Crippen molar-refractivity contribution >= 4 is 27.3 Å². The van der Waals surface area contributed by atoms with E-state index in [1.165, 1.54) is 0 Å². The van der Waals surface area contributed by atoms with Gasteiger partial charge in [-0.1, -0.05) is 15.9 Å². The van der Waals surface area contributed by atoms with Crippen LogP contribution in [0.1, 0.15) is 5.56 Å². The fourth-order valence-electron chi connectivity index (χ4n) is 1.57. The van der Waals surface area contributed by atoms with Crippen LogP contribution < -0.4 is 11.1 Å². The largest absolute Gasteiger partial charge is 0.396 e. The fourth-order valence-corrected chi connectivity index (χ4v) is 1.93. The van der Waals surface area contributed by atoms with Crippen LogP contribution in [0.3, 0.4) is 0 Å². The Bertz CT molecular complexity index is 584. The Kier molecular flexibility index (Phi) is 3.85. The van der Waals surface area contributed by atoms with Crippen LogP contribution in [0.4, 0.5) is 11.4 Å². The highest BCUT2D eigenvalue weighted by molar-refractivity contribution is 9.10. The molecule has 0 amide bonds. The van der Waals surface area contributed by atoms with Crippen molar-refractivity contribution < 1.29 is 0 Å². The molecule has 92 valence electrons. The van der Waals surface area contributed by atoms with Gasteiger partial charge in [0, 0.05) is 17.2 Å². The molecule has 1 heterocycles. The van der Waals surface area contributed by atoms with Crippen molar-refractivity contribution in [2.24, 2.45) is 0 Å². The lowest BCUT2D eigenvalue weighted by molar-refractivity contribution is 0.638. The van der Waals surface area contributed by atoms with E-state index in [1.54, 1.807) is 23.1 Å². The highest BCUT2D eigenvalue weighted by Crippen LogP contribution is 2.20. The van der Waals surface area contributed by atoms with Crippen molar-refractivity contribution in [3.8, 4) is 6.07 Å². The zero-order valence-electron chi connectivity index (χ0n) is 9.60. The van der Waals surface area contributed by atoms with Gasteiger partial charge in [0.05, 0.1) is 29.7 Å². The van der Waals surface area contributed by atoms with Crippen LogP contribution in [0, 0.1) is 11.3 Å². The number of aromatic nitrogens is 2. The van der Waals surface area contributed by atoms with Gasteiger partial charge < -0.3 is 11.1 Å². The molecule has 0 saturated carbocycles. The summed E-state index contributed by atoms with van der Waals surface area (Å²) < 4.78 is 2.69. The van der Waals surface area contributed by atoms with Gasteiger partial charge in [-0.15, -0.1) is 0 Å². The molecule has 1 aromatic heterocycles. The molecule has 2 rings (SSSR count). The number of rotatable bonds is 4. The Morgan fingerprint density at radius 1 is 1.50 bits per heavy atom. The summed E-state index contributed by atoms with van der Waals surface area (Å²) in [6.45, 7) is 1.36. The van der Waals surface area contributed by atoms with Crippen LogP contribution in [0.2, 0.25) is 0 Å². The predicted octanol–water partition coefficient (Wildman–Crippen LogP) is 2.21. The second-order valence-electron chi connectivity index (χ2n) is 3.77. The molecule has 0 atom stereocenters. The summed E-state index contributed by atoms with van der Waals surface area (Å²) >= 11 is 3.38. The highest BCUT2D eigenvalue weighted by Gasteiger charge is 2.02. The second-order valence-corrected chi connectivity index (χ2v) is 4.68. The van der Waals surface area contributed by atoms with Crippen LogP contribution in [-0.4, -0.2) is 16.3 Å². The van der Waals surface area contributed by atoms with E-state index in [4.69, 9.17) is 11.0 Å². The number of nitrogens with two attached hydrogens (primary N) is 1. The maximum absolute atomic E-state index is 8.99. The molecule has 0 aliphatic rings. The lowest BCUT2D eigenvalue weighted by atomic mass is 10.2. The lowest BCUT2D eigenvalue weighted by Crippen LogP contribution is -2.11. The van der Waals surface area contributed by atoms with E-state index < -0.39 is 0 Å². The van der Waals surface area contributed by atoms with Crippen LogP contribution in [-0.2, 0) is 6.54 Å². The zero-order chi connectivity index (χ0) is 13.0. The first-order valence-corrected chi connectivity index (χ1v) is 6.20. The van der Waals surface area contributed by atoms with Crippen molar-refractivity contribution in [1.29, 1.82) is 5.26 Å². The number of halogens is 1. The van der Waals surface area contributed by atoms with Gasteiger partial charge in [-0.2, -0.15) is 10.4 Å². The third kappa shape index (κ3) is 3.02. The van der Waals surface area contributed by atoms with Crippen molar-refractivity contribution in [2.75, 3.05) is 17.6 Å². The number of benzene rings is 1. The maximum Gasteiger partial charge on any atom is 0.101 e. The zero-order valence-corrected chi connectivity index (χ0v) is 11.2. The van der Waals surface area contributed by atoms with E-state index in [0.29, 0.717) is 24.3 Å². The van der Waals surface area contributed by atoms with Crippen molar-refractivity contribution in [3.63, 3.8) is 0 Å². The van der Waals surface area contributed by atoms with Crippen molar-refractivity contribution in [2.45, 2.75) is 6.54 Å². The summed E-state index contributed by atoms with van der Waals surface area (Å²) in [6, 6.07) is 7.66. The minimum atomic E-state index is 0.623. The van der Waals surface area contributed by atoms with E-state index in [2.05, 4.69) is 32.4 Å². The molecule has 0 aliphatic carbocycles. The van der Waals surface area contributed by atoms with E-state index >= 15 is 0 Å². The Labute approximate surface area is 113 Å². The van der Waals surface area contributed by atoms with Crippen LogP contribution in [0.5, 0.6) is 0 Å². The quantitative estimate of drug-likeness (QED) is 0.907. The Morgan fingerprint density at radius 3 is 3.00 bits per heavy atom. The van der Waals surface area contributed by atoms with Gasteiger partial charge in [0.15, 0.2) is 0 Å². The summed E-state index contributed by atoms with van der Waals surface area (Å²) in [5, 5.41) is 16.3. The molecule has 0 radical (unpaired) electrons. The predicted molar refractivity (Wildman–Crippen MR) is 74.0 cm³/mol. The SMILES string of the molecule is N#Cc1ccc(Br)cc1NCCn1cc(N)cn1. The molecular weight excluding hydrogens is 294 g/mol. The number of nitrogens with zero attached hydrogens (tertiary/aromatic N) is 3. The standard InChI is InChI=1S/C12H12BrN5/c13-10-2-1-9(6-14)12(5-10)16-3-4-18-8-11(15)7-17-18/h1-2,5,7-8,16H,3-4,15H2. The summed E-state index contributed by atoms with van der Waals surface area (Å²) in [4.78, 5) is 0. The smallest absolute Gasteiger partial charge is 0.101 e. The average molecular weight is 306 g/mol. The summed E-state index contributed by atoms with van der Waals surface area (Å²) in [6.07, 6.45) is 3.38. The topological polar surface area (TPSA) is 79.7 Å². The molecule has 0 bridgehead atoms. The monoisotopic (exact) mass is 305 g/mol. The normalized spacial score (nSPS) is 10.0. The van der Waals surface area contributed by atoms with Gasteiger partial charge in [0.25, 0.3) is 0 Å². The molecule has 5 nitrogen and oxygen atoms in total. The average Bonchev–Trinajstić information content (AvgIpc) is 2.75.